The highest BCUT2D eigenvalue weighted by Gasteiger charge is 2.35. The normalized spacial score (nSPS) is 23.7. The van der Waals surface area contributed by atoms with Crippen LogP contribution in [0.1, 0.15) is 32.3 Å². The summed E-state index contributed by atoms with van der Waals surface area (Å²) in [6.45, 7) is 4.54. The van der Waals surface area contributed by atoms with E-state index < -0.39 is 15.7 Å². The van der Waals surface area contributed by atoms with Crippen molar-refractivity contribution in [3.63, 3.8) is 0 Å². The van der Waals surface area contributed by atoms with Crippen molar-refractivity contribution in [1.82, 2.24) is 9.03 Å². The van der Waals surface area contributed by atoms with Crippen molar-refractivity contribution < 1.29 is 13.5 Å². The highest BCUT2D eigenvalue weighted by Crippen LogP contribution is 2.24. The molecule has 0 aliphatic carbocycles. The van der Waals surface area contributed by atoms with Crippen molar-refractivity contribution in [3.05, 3.63) is 35.9 Å². The van der Waals surface area contributed by atoms with Gasteiger partial charge in [-0.1, -0.05) is 37.3 Å². The van der Waals surface area contributed by atoms with Gasteiger partial charge in [-0.25, -0.2) is 0 Å². The van der Waals surface area contributed by atoms with E-state index >= 15 is 0 Å². The van der Waals surface area contributed by atoms with E-state index in [1.165, 1.54) is 4.31 Å². The first-order valence-corrected chi connectivity index (χ1v) is 8.77. The zero-order valence-electron chi connectivity index (χ0n) is 12.6. The van der Waals surface area contributed by atoms with E-state index in [-0.39, 0.29) is 6.61 Å². The molecule has 2 unspecified atom stereocenters. The lowest BCUT2D eigenvalue weighted by Gasteiger charge is -2.35. The molecule has 0 aromatic heterocycles. The van der Waals surface area contributed by atoms with E-state index in [1.807, 2.05) is 30.3 Å². The second-order valence-electron chi connectivity index (χ2n) is 6.07. The fraction of sp³-hybridized carbons (Fsp3) is 0.600. The molecule has 1 aliphatic rings. The molecule has 118 valence electrons. The zero-order chi connectivity index (χ0) is 15.5. The summed E-state index contributed by atoms with van der Waals surface area (Å²) in [6.07, 6.45) is 1.94. The number of aliphatic hydroxyl groups excluding tert-OH is 1. The maximum atomic E-state index is 12.6. The molecule has 0 spiro atoms. The highest BCUT2D eigenvalue weighted by molar-refractivity contribution is 7.87. The molecule has 1 fully saturated rings. The summed E-state index contributed by atoms with van der Waals surface area (Å²) in [5, 5.41) is 9.71. The van der Waals surface area contributed by atoms with Gasteiger partial charge in [-0.05, 0) is 31.2 Å². The quantitative estimate of drug-likeness (QED) is 0.865. The standard InChI is InChI=1S/C15H24N2O3S/c1-13-7-6-10-17(11-13)21(19,20)16-15(2,12-18)14-8-4-3-5-9-14/h3-5,8-9,13,16,18H,6-7,10-12H2,1-2H3. The van der Waals surface area contributed by atoms with Crippen molar-refractivity contribution in [3.8, 4) is 0 Å². The topological polar surface area (TPSA) is 69.6 Å². The molecule has 1 aliphatic heterocycles. The molecule has 5 nitrogen and oxygen atoms in total. The first-order valence-electron chi connectivity index (χ1n) is 7.33. The fourth-order valence-corrected chi connectivity index (χ4v) is 4.40. The van der Waals surface area contributed by atoms with Gasteiger partial charge in [0.2, 0.25) is 0 Å². The molecule has 0 bridgehead atoms. The number of benzene rings is 1. The summed E-state index contributed by atoms with van der Waals surface area (Å²) < 4.78 is 29.3. The molecular weight excluding hydrogens is 288 g/mol. The van der Waals surface area contributed by atoms with Crippen LogP contribution in [0.25, 0.3) is 0 Å². The van der Waals surface area contributed by atoms with Gasteiger partial charge in [0.1, 0.15) is 0 Å². The number of hydrogen-bond acceptors (Lipinski definition) is 3. The van der Waals surface area contributed by atoms with Crippen LogP contribution >= 0.6 is 0 Å². The Labute approximate surface area is 127 Å². The van der Waals surface area contributed by atoms with Gasteiger partial charge in [0.05, 0.1) is 12.1 Å². The number of rotatable bonds is 5. The maximum absolute atomic E-state index is 12.6. The molecule has 2 N–H and O–H groups in total. The van der Waals surface area contributed by atoms with Crippen LogP contribution in [0.5, 0.6) is 0 Å². The molecule has 1 saturated heterocycles. The van der Waals surface area contributed by atoms with Gasteiger partial charge >= 0.3 is 0 Å². The highest BCUT2D eigenvalue weighted by atomic mass is 32.2. The predicted octanol–water partition coefficient (Wildman–Crippen LogP) is 1.46. The predicted molar refractivity (Wildman–Crippen MR) is 82.9 cm³/mol. The smallest absolute Gasteiger partial charge is 0.280 e. The van der Waals surface area contributed by atoms with E-state index in [1.54, 1.807) is 6.92 Å². The molecule has 0 saturated carbocycles. The Balaban J connectivity index is 2.21. The molecule has 0 amide bonds. The Kier molecular flexibility index (Phi) is 5.03. The van der Waals surface area contributed by atoms with Gasteiger partial charge < -0.3 is 5.11 Å². The van der Waals surface area contributed by atoms with E-state index in [4.69, 9.17) is 0 Å². The van der Waals surface area contributed by atoms with Gasteiger partial charge in [0.15, 0.2) is 0 Å². The molecular formula is C15H24N2O3S. The Morgan fingerprint density at radius 2 is 2.05 bits per heavy atom. The molecule has 1 aromatic carbocycles. The number of nitrogens with zero attached hydrogens (tertiary/aromatic N) is 1. The second kappa shape index (κ2) is 6.44. The largest absolute Gasteiger partial charge is 0.394 e. The van der Waals surface area contributed by atoms with Gasteiger partial charge in [-0.2, -0.15) is 17.4 Å². The summed E-state index contributed by atoms with van der Waals surface area (Å²) in [6, 6.07) is 9.16. The molecule has 21 heavy (non-hydrogen) atoms. The minimum Gasteiger partial charge on any atom is -0.394 e. The number of nitrogens with one attached hydrogen (secondary N) is 1. The summed E-state index contributed by atoms with van der Waals surface area (Å²) >= 11 is 0. The first kappa shape index (κ1) is 16.4. The lowest BCUT2D eigenvalue weighted by molar-refractivity contribution is 0.190. The van der Waals surface area contributed by atoms with Gasteiger partial charge in [-0.3, -0.25) is 0 Å². The van der Waals surface area contributed by atoms with Crippen molar-refractivity contribution in [1.29, 1.82) is 0 Å². The number of piperidine rings is 1. The third-order valence-electron chi connectivity index (χ3n) is 4.04. The molecule has 2 rings (SSSR count). The SMILES string of the molecule is CC1CCCN(S(=O)(=O)NC(C)(CO)c2ccccc2)C1. The minimum atomic E-state index is -3.61. The van der Waals surface area contributed by atoms with E-state index in [9.17, 15) is 13.5 Å². The summed E-state index contributed by atoms with van der Waals surface area (Å²) in [7, 11) is -3.61. The van der Waals surface area contributed by atoms with Crippen LogP contribution in [0.3, 0.4) is 0 Å². The first-order chi connectivity index (χ1) is 9.87. The Hall–Kier alpha value is -0.950. The van der Waals surface area contributed by atoms with Crippen LogP contribution in [-0.4, -0.2) is 37.5 Å². The van der Waals surface area contributed by atoms with E-state index in [0.29, 0.717) is 19.0 Å². The van der Waals surface area contributed by atoms with Gasteiger partial charge in [-0.15, -0.1) is 0 Å². The lowest BCUT2D eigenvalue weighted by Crippen LogP contribution is -2.53. The Morgan fingerprint density at radius 1 is 1.38 bits per heavy atom. The average molecular weight is 312 g/mol. The van der Waals surface area contributed by atoms with Crippen molar-refractivity contribution in [2.24, 2.45) is 5.92 Å². The lowest BCUT2D eigenvalue weighted by atomic mass is 9.94. The zero-order valence-corrected chi connectivity index (χ0v) is 13.4. The third kappa shape index (κ3) is 3.83. The number of hydrogen-bond donors (Lipinski definition) is 2. The number of aliphatic hydroxyl groups is 1. The van der Waals surface area contributed by atoms with Crippen molar-refractivity contribution in [2.75, 3.05) is 19.7 Å². The molecule has 1 heterocycles. The van der Waals surface area contributed by atoms with Crippen molar-refractivity contribution in [2.45, 2.75) is 32.2 Å². The van der Waals surface area contributed by atoms with Gasteiger partial charge in [0.25, 0.3) is 10.2 Å². The molecule has 0 radical (unpaired) electrons. The van der Waals surface area contributed by atoms with Crippen LogP contribution in [-0.2, 0) is 15.7 Å². The summed E-state index contributed by atoms with van der Waals surface area (Å²) in [5.74, 6) is 0.368. The fourth-order valence-electron chi connectivity index (χ4n) is 2.70. The van der Waals surface area contributed by atoms with Crippen LogP contribution < -0.4 is 4.72 Å². The van der Waals surface area contributed by atoms with Crippen molar-refractivity contribution >= 4 is 10.2 Å². The van der Waals surface area contributed by atoms with Crippen LogP contribution in [0.4, 0.5) is 0 Å². The van der Waals surface area contributed by atoms with Crippen LogP contribution in [0.15, 0.2) is 30.3 Å². The molecule has 1 aromatic rings. The summed E-state index contributed by atoms with van der Waals surface area (Å²) in [5.41, 5.74) is -0.262. The third-order valence-corrected chi connectivity index (χ3v) is 5.76. The van der Waals surface area contributed by atoms with E-state index in [2.05, 4.69) is 11.6 Å². The maximum Gasteiger partial charge on any atom is 0.280 e. The molecule has 6 heteroatoms. The van der Waals surface area contributed by atoms with Crippen LogP contribution in [0, 0.1) is 5.92 Å². The average Bonchev–Trinajstić information content (AvgIpc) is 2.47. The van der Waals surface area contributed by atoms with E-state index in [0.717, 1.165) is 18.4 Å². The summed E-state index contributed by atoms with van der Waals surface area (Å²) in [4.78, 5) is 0. The minimum absolute atomic E-state index is 0.292. The Bertz CT molecular complexity index is 562. The second-order valence-corrected chi connectivity index (χ2v) is 7.74. The Morgan fingerprint density at radius 3 is 2.62 bits per heavy atom. The van der Waals surface area contributed by atoms with Gasteiger partial charge in [0, 0.05) is 13.1 Å². The van der Waals surface area contributed by atoms with Crippen LogP contribution in [0.2, 0.25) is 0 Å². The molecule has 2 atom stereocenters. The monoisotopic (exact) mass is 312 g/mol.